The number of amides is 3. The van der Waals surface area contributed by atoms with Crippen molar-refractivity contribution in [2.45, 2.75) is 56.8 Å². The quantitative estimate of drug-likeness (QED) is 0.0609. The molecule has 4 atom stereocenters. The first-order valence-electron chi connectivity index (χ1n) is 13.5. The molecule has 0 fully saturated rings. The van der Waals surface area contributed by atoms with Gasteiger partial charge >= 0.3 is 5.97 Å². The molecule has 0 saturated heterocycles. The van der Waals surface area contributed by atoms with E-state index in [-0.39, 0.29) is 49.9 Å². The molecule has 0 radical (unpaired) electrons. The van der Waals surface area contributed by atoms with Crippen LogP contribution in [0.5, 0.6) is 5.75 Å². The molecule has 0 bridgehead atoms. The number of nitrogens with zero attached hydrogens (tertiary/aromatic N) is 2. The highest BCUT2D eigenvalue weighted by Gasteiger charge is 2.30. The van der Waals surface area contributed by atoms with E-state index in [1.165, 1.54) is 19.1 Å². The van der Waals surface area contributed by atoms with E-state index in [4.69, 9.17) is 22.9 Å². The van der Waals surface area contributed by atoms with Crippen molar-refractivity contribution >= 4 is 35.6 Å². The molecule has 13 N–H and O–H groups in total. The van der Waals surface area contributed by atoms with Crippen LogP contribution in [0.2, 0.25) is 0 Å². The van der Waals surface area contributed by atoms with Crippen LogP contribution in [0.25, 0.3) is 0 Å². The van der Waals surface area contributed by atoms with Gasteiger partial charge < -0.3 is 49.1 Å². The minimum absolute atomic E-state index is 0.0379. The first-order chi connectivity index (χ1) is 20.3. The number of carboxylic acids is 1. The third-order valence-electron chi connectivity index (χ3n) is 6.20. The molecule has 0 aliphatic carbocycles. The molecule has 3 amide bonds. The van der Waals surface area contributed by atoms with Crippen LogP contribution in [-0.4, -0.2) is 76.5 Å². The molecule has 15 nitrogen and oxygen atoms in total. The van der Waals surface area contributed by atoms with Gasteiger partial charge in [0.2, 0.25) is 17.7 Å². The van der Waals surface area contributed by atoms with E-state index in [1.807, 2.05) is 0 Å². The van der Waals surface area contributed by atoms with Crippen molar-refractivity contribution in [1.82, 2.24) is 16.0 Å². The Morgan fingerprint density at radius 3 is 1.93 bits per heavy atom. The second kappa shape index (κ2) is 16.8. The Kier molecular flexibility index (Phi) is 13.2. The number of carbonyl (C=O) groups is 4. The molecule has 0 aliphatic rings. The highest BCUT2D eigenvalue weighted by atomic mass is 16.4. The maximum atomic E-state index is 13.6. The predicted molar refractivity (Wildman–Crippen MR) is 161 cm³/mol. The van der Waals surface area contributed by atoms with Gasteiger partial charge in [0, 0.05) is 19.4 Å². The van der Waals surface area contributed by atoms with Crippen molar-refractivity contribution in [1.29, 1.82) is 0 Å². The molecule has 232 valence electrons. The van der Waals surface area contributed by atoms with Crippen molar-refractivity contribution in [2.75, 3.05) is 6.54 Å². The first kappa shape index (κ1) is 33.9. The molecule has 0 unspecified atom stereocenters. The van der Waals surface area contributed by atoms with E-state index in [0.717, 1.165) is 0 Å². The van der Waals surface area contributed by atoms with E-state index in [2.05, 4.69) is 25.9 Å². The Bertz CT molecular complexity index is 1290. The summed E-state index contributed by atoms with van der Waals surface area (Å²) in [5.74, 6) is -3.79. The zero-order valence-corrected chi connectivity index (χ0v) is 23.8. The number of rotatable bonds is 16. The number of aliphatic imine (C=N–C) groups is 2. The molecule has 0 aliphatic heterocycles. The van der Waals surface area contributed by atoms with E-state index < -0.39 is 47.9 Å². The fourth-order valence-corrected chi connectivity index (χ4v) is 3.98. The van der Waals surface area contributed by atoms with Crippen molar-refractivity contribution in [3.8, 4) is 5.75 Å². The lowest BCUT2D eigenvalue weighted by Crippen LogP contribution is -2.57. The molecular formula is C28H39N9O6. The summed E-state index contributed by atoms with van der Waals surface area (Å²) in [4.78, 5) is 59.2. The van der Waals surface area contributed by atoms with Crippen molar-refractivity contribution in [3.63, 3.8) is 0 Å². The fourth-order valence-electron chi connectivity index (χ4n) is 3.98. The summed E-state index contributed by atoms with van der Waals surface area (Å²) in [5.41, 5.74) is 23.3. The molecule has 0 heterocycles. The average molecular weight is 598 g/mol. The highest BCUT2D eigenvalue weighted by Crippen LogP contribution is 2.13. The normalized spacial score (nSPS) is 13.3. The predicted octanol–water partition coefficient (Wildman–Crippen LogP) is -1.57. The van der Waals surface area contributed by atoms with E-state index in [1.54, 1.807) is 42.5 Å². The van der Waals surface area contributed by atoms with E-state index in [0.29, 0.717) is 11.1 Å². The first-order valence-corrected chi connectivity index (χ1v) is 13.5. The number of hydrogen-bond donors (Lipinski definition) is 9. The lowest BCUT2D eigenvalue weighted by Gasteiger charge is -2.25. The minimum Gasteiger partial charge on any atom is -0.508 e. The van der Waals surface area contributed by atoms with Crippen LogP contribution in [0.4, 0.5) is 0 Å². The standard InChI is InChI=1S/C28H39N9O6/c1-16(26(42)43)34-24(40)21(14-17-6-3-2-4-7-17)36-23(39)20(8-5-13-33-27(29)30)35-25(41)22(37-28(31)32)15-18-9-11-19(38)12-10-18/h2-4,6-7,9-12,16,20-22,38H,5,8,13-15H2,1H3,(H,34,40)(H,35,41)(H,36,39)(H,42,43)(H4,29,30,33)(H4,31,32,37)/t16-,20-,21+,22+/m1/s1. The van der Waals surface area contributed by atoms with Crippen molar-refractivity contribution < 1.29 is 29.4 Å². The average Bonchev–Trinajstić information content (AvgIpc) is 2.95. The number of benzene rings is 2. The van der Waals surface area contributed by atoms with Crippen molar-refractivity contribution in [3.05, 3.63) is 65.7 Å². The smallest absolute Gasteiger partial charge is 0.325 e. The third kappa shape index (κ3) is 12.4. The lowest BCUT2D eigenvalue weighted by atomic mass is 10.0. The Hall–Kier alpha value is -5.34. The van der Waals surface area contributed by atoms with Gasteiger partial charge in [-0.2, -0.15) is 0 Å². The summed E-state index contributed by atoms with van der Waals surface area (Å²) in [6.07, 6.45) is 0.468. The Morgan fingerprint density at radius 1 is 0.767 bits per heavy atom. The number of carbonyl (C=O) groups excluding carboxylic acids is 3. The van der Waals surface area contributed by atoms with Gasteiger partial charge in [0.15, 0.2) is 11.9 Å². The van der Waals surface area contributed by atoms with Crippen LogP contribution in [0.15, 0.2) is 64.6 Å². The fraction of sp³-hybridized carbons (Fsp3) is 0.357. The van der Waals surface area contributed by atoms with Crippen LogP contribution in [0.3, 0.4) is 0 Å². The third-order valence-corrected chi connectivity index (χ3v) is 6.20. The number of aliphatic carboxylic acids is 1. The molecular weight excluding hydrogens is 558 g/mol. The van der Waals surface area contributed by atoms with Gasteiger partial charge in [-0.3, -0.25) is 24.2 Å². The summed E-state index contributed by atoms with van der Waals surface area (Å²) in [6, 6.07) is 10.2. The Morgan fingerprint density at radius 2 is 1.35 bits per heavy atom. The van der Waals surface area contributed by atoms with Gasteiger partial charge in [-0.25, -0.2) is 4.99 Å². The molecule has 2 rings (SSSR count). The highest BCUT2D eigenvalue weighted by molar-refractivity contribution is 5.94. The molecule has 15 heteroatoms. The molecule has 0 aromatic heterocycles. The number of aromatic hydroxyl groups is 1. The molecule has 2 aromatic carbocycles. The van der Waals surface area contributed by atoms with Gasteiger partial charge in [-0.15, -0.1) is 0 Å². The topological polar surface area (TPSA) is 274 Å². The number of hydrogen-bond acceptors (Lipinski definition) is 7. The van der Waals surface area contributed by atoms with Crippen LogP contribution < -0.4 is 38.9 Å². The summed E-state index contributed by atoms with van der Waals surface area (Å²) in [5, 5.41) is 26.5. The number of nitrogens with one attached hydrogen (secondary N) is 3. The maximum Gasteiger partial charge on any atom is 0.325 e. The van der Waals surface area contributed by atoms with Crippen LogP contribution >= 0.6 is 0 Å². The minimum atomic E-state index is -1.25. The number of guanidine groups is 2. The SMILES string of the molecule is C[C@@H](NC(=O)[C@H](Cc1ccccc1)NC(=O)[C@@H](CCCN=C(N)N)NC(=O)[C@H](Cc1ccc(O)cc1)N=C(N)N)C(=O)O. The number of carboxylic acid groups (broad SMARTS) is 1. The second-order valence-corrected chi connectivity index (χ2v) is 9.77. The van der Waals surface area contributed by atoms with Crippen LogP contribution in [-0.2, 0) is 32.0 Å². The summed E-state index contributed by atoms with van der Waals surface area (Å²) < 4.78 is 0. The summed E-state index contributed by atoms with van der Waals surface area (Å²) in [7, 11) is 0. The summed E-state index contributed by atoms with van der Waals surface area (Å²) in [6.45, 7) is 1.46. The maximum absolute atomic E-state index is 13.6. The summed E-state index contributed by atoms with van der Waals surface area (Å²) >= 11 is 0. The van der Waals surface area contributed by atoms with Crippen LogP contribution in [0, 0.1) is 0 Å². The second-order valence-electron chi connectivity index (χ2n) is 9.77. The monoisotopic (exact) mass is 597 g/mol. The number of phenolic OH excluding ortho intramolecular Hbond substituents is 1. The number of nitrogens with two attached hydrogens (primary N) is 4. The van der Waals surface area contributed by atoms with E-state index in [9.17, 15) is 29.4 Å². The zero-order valence-electron chi connectivity index (χ0n) is 23.8. The van der Waals surface area contributed by atoms with Gasteiger partial charge in [0.1, 0.15) is 29.9 Å². The van der Waals surface area contributed by atoms with Gasteiger partial charge in [-0.1, -0.05) is 42.5 Å². The zero-order chi connectivity index (χ0) is 31.9. The van der Waals surface area contributed by atoms with Gasteiger partial charge in [-0.05, 0) is 43.0 Å². The Balaban J connectivity index is 2.31. The molecule has 0 saturated carbocycles. The molecule has 43 heavy (non-hydrogen) atoms. The van der Waals surface area contributed by atoms with Gasteiger partial charge in [0.25, 0.3) is 0 Å². The van der Waals surface area contributed by atoms with Crippen LogP contribution in [0.1, 0.15) is 30.9 Å². The van der Waals surface area contributed by atoms with Gasteiger partial charge in [0.05, 0.1) is 0 Å². The largest absolute Gasteiger partial charge is 0.508 e. The van der Waals surface area contributed by atoms with E-state index >= 15 is 0 Å². The number of phenols is 1. The lowest BCUT2D eigenvalue weighted by molar-refractivity contribution is -0.141. The molecule has 0 spiro atoms. The molecule has 2 aromatic rings. The van der Waals surface area contributed by atoms with Crippen molar-refractivity contribution in [2.24, 2.45) is 32.9 Å². The Labute approximate surface area is 248 Å².